The highest BCUT2D eigenvalue weighted by molar-refractivity contribution is 7.99. The summed E-state index contributed by atoms with van der Waals surface area (Å²) >= 11 is 2.10. The molecule has 0 bridgehead atoms. The van der Waals surface area contributed by atoms with E-state index in [1.807, 2.05) is 0 Å². The molecule has 1 unspecified atom stereocenters. The van der Waals surface area contributed by atoms with Gasteiger partial charge in [0.1, 0.15) is 0 Å². The number of hydrogen-bond acceptors (Lipinski definition) is 4. The summed E-state index contributed by atoms with van der Waals surface area (Å²) in [5.41, 5.74) is 6.41. The van der Waals surface area contributed by atoms with Gasteiger partial charge in [-0.05, 0) is 31.6 Å². The van der Waals surface area contributed by atoms with Crippen LogP contribution in [0, 0.1) is 0 Å². The Kier molecular flexibility index (Phi) is 5.15. The Labute approximate surface area is 110 Å². The zero-order chi connectivity index (χ0) is 12.1. The van der Waals surface area contributed by atoms with Gasteiger partial charge in [-0.15, -0.1) is 0 Å². The molecule has 2 saturated heterocycles. The maximum Gasteiger partial charge on any atom is 0.0423 e. The summed E-state index contributed by atoms with van der Waals surface area (Å²) < 4.78 is 0. The quantitative estimate of drug-likeness (QED) is 0.821. The van der Waals surface area contributed by atoms with E-state index in [1.165, 1.54) is 63.5 Å². The second kappa shape index (κ2) is 6.41. The molecule has 2 fully saturated rings. The van der Waals surface area contributed by atoms with Crippen LogP contribution < -0.4 is 5.73 Å². The lowest BCUT2D eigenvalue weighted by atomic mass is 9.92. The number of nitrogens with zero attached hydrogens (tertiary/aromatic N) is 2. The Morgan fingerprint density at radius 1 is 1.24 bits per heavy atom. The van der Waals surface area contributed by atoms with Crippen LogP contribution in [0.3, 0.4) is 0 Å². The predicted molar refractivity (Wildman–Crippen MR) is 76.6 cm³/mol. The van der Waals surface area contributed by atoms with Gasteiger partial charge in [0.2, 0.25) is 0 Å². The van der Waals surface area contributed by atoms with E-state index in [2.05, 4.69) is 28.5 Å². The monoisotopic (exact) mass is 257 g/mol. The highest BCUT2D eigenvalue weighted by atomic mass is 32.2. The summed E-state index contributed by atoms with van der Waals surface area (Å²) in [4.78, 5) is 5.28. The number of hydrogen-bond donors (Lipinski definition) is 1. The highest BCUT2D eigenvalue weighted by Gasteiger charge is 2.38. The van der Waals surface area contributed by atoms with E-state index >= 15 is 0 Å². The predicted octanol–water partition coefficient (Wildman–Crippen LogP) is 1.24. The van der Waals surface area contributed by atoms with E-state index in [-0.39, 0.29) is 0 Å². The zero-order valence-electron chi connectivity index (χ0n) is 11.2. The first kappa shape index (κ1) is 13.7. The summed E-state index contributed by atoms with van der Waals surface area (Å²) in [6, 6.07) is 0. The van der Waals surface area contributed by atoms with Crippen LogP contribution in [0.5, 0.6) is 0 Å². The zero-order valence-corrected chi connectivity index (χ0v) is 12.0. The molecule has 2 heterocycles. The molecule has 0 amide bonds. The molecule has 2 aliphatic heterocycles. The summed E-state index contributed by atoms with van der Waals surface area (Å²) in [7, 11) is 0. The molecule has 1 atom stereocenters. The molecular formula is C13H27N3S. The normalized spacial score (nSPS) is 32.8. The van der Waals surface area contributed by atoms with E-state index in [1.54, 1.807) is 0 Å². The van der Waals surface area contributed by atoms with E-state index in [9.17, 15) is 0 Å². The van der Waals surface area contributed by atoms with Gasteiger partial charge < -0.3 is 10.6 Å². The van der Waals surface area contributed by atoms with Crippen LogP contribution in [-0.4, -0.2) is 66.1 Å². The van der Waals surface area contributed by atoms with Crippen LogP contribution in [0.15, 0.2) is 0 Å². The minimum absolute atomic E-state index is 0.321. The summed E-state index contributed by atoms with van der Waals surface area (Å²) in [6.07, 6.45) is 3.93. The maximum atomic E-state index is 6.09. The summed E-state index contributed by atoms with van der Waals surface area (Å²) in [5.74, 6) is 2.58. The Hall–Kier alpha value is 0.230. The number of nitrogens with two attached hydrogens (primary N) is 1. The molecule has 0 radical (unpaired) electrons. The van der Waals surface area contributed by atoms with Crippen LogP contribution >= 0.6 is 11.8 Å². The van der Waals surface area contributed by atoms with Crippen molar-refractivity contribution < 1.29 is 0 Å². The molecule has 0 aliphatic carbocycles. The standard InChI is InChI=1S/C13H27N3S/c1-2-5-15-6-8-16(9-7-15)13(11-14)4-3-10-17-12-13/h2-12,14H2,1H3. The topological polar surface area (TPSA) is 32.5 Å². The molecule has 100 valence electrons. The van der Waals surface area contributed by atoms with Gasteiger partial charge in [-0.1, -0.05) is 6.92 Å². The molecule has 0 aromatic heterocycles. The largest absolute Gasteiger partial charge is 0.329 e. The van der Waals surface area contributed by atoms with E-state index in [4.69, 9.17) is 5.73 Å². The molecule has 0 spiro atoms. The number of thioether (sulfide) groups is 1. The van der Waals surface area contributed by atoms with Crippen LogP contribution in [0.1, 0.15) is 26.2 Å². The fourth-order valence-corrected chi connectivity index (χ4v) is 4.46. The van der Waals surface area contributed by atoms with Crippen molar-refractivity contribution in [3.05, 3.63) is 0 Å². The lowest BCUT2D eigenvalue weighted by molar-refractivity contribution is 0.0425. The molecule has 17 heavy (non-hydrogen) atoms. The molecule has 2 rings (SSSR count). The molecule has 3 nitrogen and oxygen atoms in total. The van der Waals surface area contributed by atoms with Gasteiger partial charge in [0, 0.05) is 44.0 Å². The smallest absolute Gasteiger partial charge is 0.0423 e. The molecule has 2 aliphatic rings. The highest BCUT2D eigenvalue weighted by Crippen LogP contribution is 2.32. The van der Waals surface area contributed by atoms with Crippen molar-refractivity contribution in [3.8, 4) is 0 Å². The third-order valence-electron chi connectivity index (χ3n) is 4.26. The van der Waals surface area contributed by atoms with Crippen molar-refractivity contribution >= 4 is 11.8 Å². The van der Waals surface area contributed by atoms with E-state index in [0.29, 0.717) is 5.54 Å². The van der Waals surface area contributed by atoms with Crippen LogP contribution in [0.4, 0.5) is 0 Å². The lowest BCUT2D eigenvalue weighted by Gasteiger charge is -2.49. The van der Waals surface area contributed by atoms with Crippen molar-refractivity contribution in [3.63, 3.8) is 0 Å². The van der Waals surface area contributed by atoms with Gasteiger partial charge in [0.15, 0.2) is 0 Å². The van der Waals surface area contributed by atoms with Crippen molar-refractivity contribution in [1.29, 1.82) is 0 Å². The summed E-state index contributed by atoms with van der Waals surface area (Å²) in [5, 5.41) is 0. The third-order valence-corrected chi connectivity index (χ3v) is 5.58. The first-order valence-electron chi connectivity index (χ1n) is 7.06. The second-order valence-electron chi connectivity index (χ2n) is 5.41. The van der Waals surface area contributed by atoms with Crippen LogP contribution in [0.2, 0.25) is 0 Å². The Morgan fingerprint density at radius 3 is 2.53 bits per heavy atom. The van der Waals surface area contributed by atoms with Crippen LogP contribution in [-0.2, 0) is 0 Å². The maximum absolute atomic E-state index is 6.09. The fraction of sp³-hybridized carbons (Fsp3) is 1.00. The third kappa shape index (κ3) is 3.16. The Morgan fingerprint density at radius 2 is 2.00 bits per heavy atom. The SMILES string of the molecule is CCCN1CCN(C2(CN)CCCSC2)CC1. The molecule has 0 saturated carbocycles. The Bertz CT molecular complexity index is 221. The first-order chi connectivity index (χ1) is 8.30. The minimum atomic E-state index is 0.321. The van der Waals surface area contributed by atoms with Crippen molar-refractivity contribution in [2.75, 3.05) is 50.8 Å². The average molecular weight is 257 g/mol. The fourth-order valence-electron chi connectivity index (χ4n) is 3.14. The molecule has 4 heteroatoms. The van der Waals surface area contributed by atoms with Gasteiger partial charge in [0.05, 0.1) is 0 Å². The number of piperazine rings is 1. The average Bonchev–Trinajstić information content (AvgIpc) is 2.41. The van der Waals surface area contributed by atoms with Gasteiger partial charge in [0.25, 0.3) is 0 Å². The second-order valence-corrected chi connectivity index (χ2v) is 6.52. The van der Waals surface area contributed by atoms with Gasteiger partial charge in [-0.3, -0.25) is 4.90 Å². The van der Waals surface area contributed by atoms with Crippen molar-refractivity contribution in [2.24, 2.45) is 5.73 Å². The van der Waals surface area contributed by atoms with Crippen LogP contribution in [0.25, 0.3) is 0 Å². The molecule has 0 aromatic rings. The molecule has 2 N–H and O–H groups in total. The van der Waals surface area contributed by atoms with Gasteiger partial charge >= 0.3 is 0 Å². The van der Waals surface area contributed by atoms with Gasteiger partial charge in [-0.25, -0.2) is 0 Å². The number of rotatable bonds is 4. The van der Waals surface area contributed by atoms with E-state index in [0.717, 1.165) is 6.54 Å². The molecule has 0 aromatic carbocycles. The van der Waals surface area contributed by atoms with E-state index < -0.39 is 0 Å². The molecular weight excluding hydrogens is 230 g/mol. The van der Waals surface area contributed by atoms with Crippen molar-refractivity contribution in [2.45, 2.75) is 31.7 Å². The lowest BCUT2D eigenvalue weighted by Crippen LogP contribution is -2.62. The van der Waals surface area contributed by atoms with Gasteiger partial charge in [-0.2, -0.15) is 11.8 Å². The minimum Gasteiger partial charge on any atom is -0.329 e. The Balaban J connectivity index is 1.89. The summed E-state index contributed by atoms with van der Waals surface area (Å²) in [6.45, 7) is 9.29. The first-order valence-corrected chi connectivity index (χ1v) is 8.21. The van der Waals surface area contributed by atoms with Crippen molar-refractivity contribution in [1.82, 2.24) is 9.80 Å².